The van der Waals surface area contributed by atoms with Crippen LogP contribution in [-0.2, 0) is 11.3 Å². The minimum Gasteiger partial charge on any atom is -0.355 e. The molecular weight excluding hydrogens is 295 g/mol. The normalized spacial score (nSPS) is 12.0. The Hall–Kier alpha value is -2.11. The summed E-state index contributed by atoms with van der Waals surface area (Å²) >= 11 is 0. The lowest BCUT2D eigenvalue weighted by molar-refractivity contribution is -0.128. The predicted octanol–water partition coefficient (Wildman–Crippen LogP) is 1.96. The zero-order valence-corrected chi connectivity index (χ0v) is 14.6. The Morgan fingerprint density at radius 3 is 2.39 bits per heavy atom. The van der Waals surface area contributed by atoms with Crippen molar-refractivity contribution in [2.45, 2.75) is 34.2 Å². The average molecular weight is 322 g/mol. The highest BCUT2D eigenvalue weighted by Gasteiger charge is 2.20. The van der Waals surface area contributed by atoms with Crippen LogP contribution in [0.2, 0.25) is 0 Å². The SMILES string of the molecule is CN=C(NCCNC(=O)C(C)(C)C)NCc1ccc(C)c(F)c1. The highest BCUT2D eigenvalue weighted by Crippen LogP contribution is 2.11. The third kappa shape index (κ3) is 6.67. The summed E-state index contributed by atoms with van der Waals surface area (Å²) in [5, 5.41) is 9.07. The number of halogens is 1. The van der Waals surface area contributed by atoms with Gasteiger partial charge in [-0.25, -0.2) is 4.39 Å². The Kier molecular flexibility index (Phi) is 7.00. The van der Waals surface area contributed by atoms with Crippen molar-refractivity contribution in [3.05, 3.63) is 35.1 Å². The summed E-state index contributed by atoms with van der Waals surface area (Å²) in [7, 11) is 1.67. The van der Waals surface area contributed by atoms with E-state index in [1.54, 1.807) is 20.0 Å². The summed E-state index contributed by atoms with van der Waals surface area (Å²) in [6.07, 6.45) is 0. The van der Waals surface area contributed by atoms with Gasteiger partial charge in [-0.15, -0.1) is 0 Å². The molecule has 0 atom stereocenters. The third-order valence-electron chi connectivity index (χ3n) is 3.30. The highest BCUT2D eigenvalue weighted by molar-refractivity contribution is 5.81. The van der Waals surface area contributed by atoms with Crippen molar-refractivity contribution in [3.8, 4) is 0 Å². The lowest BCUT2D eigenvalue weighted by Crippen LogP contribution is -2.43. The zero-order chi connectivity index (χ0) is 17.5. The maximum Gasteiger partial charge on any atom is 0.225 e. The van der Waals surface area contributed by atoms with Crippen molar-refractivity contribution in [3.63, 3.8) is 0 Å². The largest absolute Gasteiger partial charge is 0.355 e. The smallest absolute Gasteiger partial charge is 0.225 e. The number of nitrogens with zero attached hydrogens (tertiary/aromatic N) is 1. The summed E-state index contributed by atoms with van der Waals surface area (Å²) in [6, 6.07) is 5.14. The van der Waals surface area contributed by atoms with Crippen LogP contribution in [0.25, 0.3) is 0 Å². The van der Waals surface area contributed by atoms with Crippen LogP contribution >= 0.6 is 0 Å². The van der Waals surface area contributed by atoms with E-state index in [1.165, 1.54) is 6.07 Å². The Morgan fingerprint density at radius 2 is 1.83 bits per heavy atom. The van der Waals surface area contributed by atoms with Gasteiger partial charge in [-0.1, -0.05) is 32.9 Å². The topological polar surface area (TPSA) is 65.5 Å². The van der Waals surface area contributed by atoms with Gasteiger partial charge in [0.2, 0.25) is 5.91 Å². The van der Waals surface area contributed by atoms with Crippen molar-refractivity contribution in [1.29, 1.82) is 0 Å². The van der Waals surface area contributed by atoms with E-state index >= 15 is 0 Å². The van der Waals surface area contributed by atoms with Gasteiger partial charge in [-0.2, -0.15) is 0 Å². The first kappa shape index (κ1) is 18.9. The summed E-state index contributed by atoms with van der Waals surface area (Å²) in [5.41, 5.74) is 1.08. The molecule has 6 heteroatoms. The maximum absolute atomic E-state index is 13.5. The van der Waals surface area contributed by atoms with Gasteiger partial charge in [0.15, 0.2) is 5.96 Å². The molecule has 1 rings (SSSR count). The molecule has 0 fully saturated rings. The van der Waals surface area contributed by atoms with Crippen LogP contribution in [0, 0.1) is 18.2 Å². The molecule has 1 aromatic rings. The van der Waals surface area contributed by atoms with E-state index in [4.69, 9.17) is 0 Å². The number of carbonyl (C=O) groups excluding carboxylic acids is 1. The zero-order valence-electron chi connectivity index (χ0n) is 14.6. The molecule has 0 aliphatic heterocycles. The molecule has 0 spiro atoms. The Bertz CT molecular complexity index is 564. The molecule has 0 heterocycles. The second-order valence-corrected chi connectivity index (χ2v) is 6.44. The molecule has 0 aliphatic carbocycles. The fraction of sp³-hybridized carbons (Fsp3) is 0.529. The first-order chi connectivity index (χ1) is 10.7. The predicted molar refractivity (Wildman–Crippen MR) is 91.8 cm³/mol. The molecule has 1 amide bonds. The lowest BCUT2D eigenvalue weighted by atomic mass is 9.96. The number of nitrogens with one attached hydrogen (secondary N) is 3. The number of hydrogen-bond acceptors (Lipinski definition) is 2. The number of aryl methyl sites for hydroxylation is 1. The van der Waals surface area contributed by atoms with Crippen molar-refractivity contribution >= 4 is 11.9 Å². The number of amides is 1. The number of aliphatic imine (C=N–C) groups is 1. The summed E-state index contributed by atoms with van der Waals surface area (Å²) in [4.78, 5) is 15.8. The molecule has 0 saturated heterocycles. The van der Waals surface area contributed by atoms with Crippen LogP contribution in [0.4, 0.5) is 4.39 Å². The van der Waals surface area contributed by atoms with Gasteiger partial charge in [0.25, 0.3) is 0 Å². The van der Waals surface area contributed by atoms with Gasteiger partial charge >= 0.3 is 0 Å². The minimum atomic E-state index is -0.393. The molecule has 0 unspecified atom stereocenters. The Balaban J connectivity index is 2.35. The molecule has 128 valence electrons. The van der Waals surface area contributed by atoms with Crippen LogP contribution < -0.4 is 16.0 Å². The third-order valence-corrected chi connectivity index (χ3v) is 3.30. The first-order valence-electron chi connectivity index (χ1n) is 7.72. The van der Waals surface area contributed by atoms with Crippen LogP contribution in [0.5, 0.6) is 0 Å². The summed E-state index contributed by atoms with van der Waals surface area (Å²) in [5.74, 6) is 0.408. The van der Waals surface area contributed by atoms with E-state index in [0.717, 1.165) is 5.56 Å². The maximum atomic E-state index is 13.5. The fourth-order valence-electron chi connectivity index (χ4n) is 1.77. The van der Waals surface area contributed by atoms with Gasteiger partial charge in [-0.3, -0.25) is 9.79 Å². The number of carbonyl (C=O) groups is 1. The molecular formula is C17H27FN4O. The van der Waals surface area contributed by atoms with Gasteiger partial charge in [-0.05, 0) is 24.1 Å². The van der Waals surface area contributed by atoms with Crippen molar-refractivity contribution in [2.24, 2.45) is 10.4 Å². The molecule has 1 aromatic carbocycles. The molecule has 23 heavy (non-hydrogen) atoms. The van der Waals surface area contributed by atoms with Crippen LogP contribution in [0.3, 0.4) is 0 Å². The molecule has 0 aromatic heterocycles. The fourth-order valence-corrected chi connectivity index (χ4v) is 1.77. The van der Waals surface area contributed by atoms with E-state index < -0.39 is 5.41 Å². The molecule has 0 saturated carbocycles. The van der Waals surface area contributed by atoms with E-state index in [0.29, 0.717) is 31.2 Å². The van der Waals surface area contributed by atoms with Gasteiger partial charge < -0.3 is 16.0 Å². The van der Waals surface area contributed by atoms with E-state index in [1.807, 2.05) is 26.8 Å². The Morgan fingerprint density at radius 1 is 1.17 bits per heavy atom. The van der Waals surface area contributed by atoms with E-state index in [9.17, 15) is 9.18 Å². The van der Waals surface area contributed by atoms with E-state index in [-0.39, 0.29) is 11.7 Å². The molecule has 0 radical (unpaired) electrons. The quantitative estimate of drug-likeness (QED) is 0.441. The highest BCUT2D eigenvalue weighted by atomic mass is 19.1. The van der Waals surface area contributed by atoms with Crippen LogP contribution in [0.1, 0.15) is 31.9 Å². The first-order valence-corrected chi connectivity index (χ1v) is 7.72. The molecule has 0 bridgehead atoms. The van der Waals surface area contributed by atoms with Crippen LogP contribution in [0.15, 0.2) is 23.2 Å². The van der Waals surface area contributed by atoms with E-state index in [2.05, 4.69) is 20.9 Å². The number of benzene rings is 1. The summed E-state index contributed by atoms with van der Waals surface area (Å²) < 4.78 is 13.5. The summed E-state index contributed by atoms with van der Waals surface area (Å²) in [6.45, 7) is 8.90. The number of hydrogen-bond donors (Lipinski definition) is 3. The standard InChI is InChI=1S/C17H27FN4O/c1-12-6-7-13(10-14(12)18)11-22-16(19-5)21-9-8-20-15(23)17(2,3)4/h6-7,10H,8-9,11H2,1-5H3,(H,20,23)(H2,19,21,22). The second kappa shape index (κ2) is 8.50. The van der Waals surface area contributed by atoms with Crippen LogP contribution in [-0.4, -0.2) is 32.0 Å². The number of rotatable bonds is 5. The molecule has 0 aliphatic rings. The van der Waals surface area contributed by atoms with Crippen molar-refractivity contribution in [2.75, 3.05) is 20.1 Å². The minimum absolute atomic E-state index is 0.0115. The van der Waals surface area contributed by atoms with Crippen molar-refractivity contribution < 1.29 is 9.18 Å². The number of guanidine groups is 1. The van der Waals surface area contributed by atoms with Crippen molar-refractivity contribution in [1.82, 2.24) is 16.0 Å². The lowest BCUT2D eigenvalue weighted by Gasteiger charge is -2.18. The second-order valence-electron chi connectivity index (χ2n) is 6.44. The van der Waals surface area contributed by atoms with Gasteiger partial charge in [0.05, 0.1) is 0 Å². The average Bonchev–Trinajstić information content (AvgIpc) is 2.48. The Labute approximate surface area is 137 Å². The molecule has 5 nitrogen and oxygen atoms in total. The van der Waals surface area contributed by atoms with Gasteiger partial charge in [0.1, 0.15) is 5.82 Å². The molecule has 3 N–H and O–H groups in total. The van der Waals surface area contributed by atoms with Gasteiger partial charge in [0, 0.05) is 32.1 Å². The monoisotopic (exact) mass is 322 g/mol.